The molecule has 1 rings (SSSR count). The normalized spacial score (nSPS) is 9.88. The Bertz CT molecular complexity index is 334. The van der Waals surface area contributed by atoms with Crippen molar-refractivity contribution in [2.45, 2.75) is 20.8 Å². The Morgan fingerprint density at radius 3 is 2.31 bits per heavy atom. The molecular weight excluding hydrogens is 204 g/mol. The smallest absolute Gasteiger partial charge is 0.323 e. The van der Waals surface area contributed by atoms with Crippen LogP contribution in [-0.4, -0.2) is 18.9 Å². The molecule has 0 unspecified atom stereocenters. The Balaban J connectivity index is 0.00000106. The standard InChI is InChI=1S/C10H12N2O2.C2H6/c1-8(12-14-10(13)11-2)9-6-4-3-5-7-9;1-2/h3-7H,1-2H3,(H,11,13);1-2H3/b12-8-;. The molecule has 16 heavy (non-hydrogen) atoms. The quantitative estimate of drug-likeness (QED) is 0.475. The van der Waals surface area contributed by atoms with Crippen LogP contribution in [0.3, 0.4) is 0 Å². The number of oxime groups is 1. The summed E-state index contributed by atoms with van der Waals surface area (Å²) < 4.78 is 0. The van der Waals surface area contributed by atoms with E-state index in [1.165, 1.54) is 7.05 Å². The van der Waals surface area contributed by atoms with Gasteiger partial charge >= 0.3 is 6.09 Å². The summed E-state index contributed by atoms with van der Waals surface area (Å²) in [4.78, 5) is 15.3. The van der Waals surface area contributed by atoms with Crippen LogP contribution in [0.1, 0.15) is 26.3 Å². The second-order valence-corrected chi connectivity index (χ2v) is 2.67. The van der Waals surface area contributed by atoms with E-state index < -0.39 is 6.09 Å². The Hall–Kier alpha value is -1.84. The first kappa shape index (κ1) is 14.2. The van der Waals surface area contributed by atoms with E-state index in [1.54, 1.807) is 6.92 Å². The summed E-state index contributed by atoms with van der Waals surface area (Å²) in [6.45, 7) is 5.78. The minimum Gasteiger partial charge on any atom is -0.323 e. The van der Waals surface area contributed by atoms with Crippen LogP contribution >= 0.6 is 0 Å². The number of carbonyl (C=O) groups is 1. The molecule has 1 N–H and O–H groups in total. The van der Waals surface area contributed by atoms with E-state index in [9.17, 15) is 4.79 Å². The highest BCUT2D eigenvalue weighted by Crippen LogP contribution is 2.00. The van der Waals surface area contributed by atoms with Crippen molar-refractivity contribution in [3.8, 4) is 0 Å². The summed E-state index contributed by atoms with van der Waals surface area (Å²) in [6, 6.07) is 9.50. The number of nitrogens with zero attached hydrogens (tertiary/aromatic N) is 1. The average Bonchev–Trinajstić information content (AvgIpc) is 2.38. The van der Waals surface area contributed by atoms with Gasteiger partial charge in [-0.15, -0.1) is 0 Å². The molecule has 4 nitrogen and oxygen atoms in total. The van der Waals surface area contributed by atoms with Gasteiger partial charge in [0.05, 0.1) is 5.71 Å². The molecule has 0 saturated carbocycles. The molecule has 0 saturated heterocycles. The summed E-state index contributed by atoms with van der Waals surface area (Å²) >= 11 is 0. The van der Waals surface area contributed by atoms with E-state index in [-0.39, 0.29) is 0 Å². The largest absolute Gasteiger partial charge is 0.433 e. The van der Waals surface area contributed by atoms with Gasteiger partial charge in [0.15, 0.2) is 0 Å². The van der Waals surface area contributed by atoms with Gasteiger partial charge in [0.1, 0.15) is 0 Å². The van der Waals surface area contributed by atoms with Gasteiger partial charge in [-0.3, -0.25) is 4.84 Å². The summed E-state index contributed by atoms with van der Waals surface area (Å²) in [5.74, 6) is 0. The Morgan fingerprint density at radius 1 is 1.25 bits per heavy atom. The second-order valence-electron chi connectivity index (χ2n) is 2.67. The molecule has 0 bridgehead atoms. The molecule has 1 amide bonds. The lowest BCUT2D eigenvalue weighted by Gasteiger charge is -1.99. The molecule has 0 spiro atoms. The van der Waals surface area contributed by atoms with E-state index >= 15 is 0 Å². The van der Waals surface area contributed by atoms with Crippen molar-refractivity contribution < 1.29 is 9.63 Å². The molecule has 88 valence electrons. The Morgan fingerprint density at radius 2 is 1.81 bits per heavy atom. The van der Waals surface area contributed by atoms with E-state index in [2.05, 4.69) is 15.3 Å². The predicted octanol–water partition coefficient (Wildman–Crippen LogP) is 2.79. The molecule has 4 heteroatoms. The van der Waals surface area contributed by atoms with Gasteiger partial charge in [-0.05, 0) is 12.5 Å². The van der Waals surface area contributed by atoms with Crippen molar-refractivity contribution in [3.05, 3.63) is 35.9 Å². The minimum atomic E-state index is -0.569. The van der Waals surface area contributed by atoms with E-state index in [0.29, 0.717) is 5.71 Å². The number of hydrogen-bond acceptors (Lipinski definition) is 3. The summed E-state index contributed by atoms with van der Waals surface area (Å²) in [5.41, 5.74) is 1.59. The van der Waals surface area contributed by atoms with Gasteiger partial charge in [0.2, 0.25) is 0 Å². The van der Waals surface area contributed by atoms with E-state index in [0.717, 1.165) is 5.56 Å². The topological polar surface area (TPSA) is 50.7 Å². The van der Waals surface area contributed by atoms with Gasteiger partial charge in [-0.1, -0.05) is 49.3 Å². The molecule has 0 aliphatic heterocycles. The summed E-state index contributed by atoms with van der Waals surface area (Å²) in [5, 5.41) is 5.97. The van der Waals surface area contributed by atoms with Gasteiger partial charge in [0.25, 0.3) is 0 Å². The third-order valence-corrected chi connectivity index (χ3v) is 1.66. The molecule has 0 fully saturated rings. The summed E-state index contributed by atoms with van der Waals surface area (Å²) in [6.07, 6.45) is -0.569. The number of rotatable bonds is 2. The zero-order valence-electron chi connectivity index (χ0n) is 10.2. The predicted molar refractivity (Wildman–Crippen MR) is 65.5 cm³/mol. The Labute approximate surface area is 96.3 Å². The number of benzene rings is 1. The van der Waals surface area contributed by atoms with E-state index in [1.807, 2.05) is 44.2 Å². The zero-order valence-corrected chi connectivity index (χ0v) is 10.2. The van der Waals surface area contributed by atoms with Gasteiger partial charge in [0, 0.05) is 7.05 Å². The number of carbonyl (C=O) groups excluding carboxylic acids is 1. The lowest BCUT2D eigenvalue weighted by molar-refractivity contribution is 0.153. The molecule has 0 aromatic heterocycles. The Kier molecular flexibility index (Phi) is 7.49. The molecule has 1 aromatic rings. The van der Waals surface area contributed by atoms with Crippen LogP contribution in [0.5, 0.6) is 0 Å². The van der Waals surface area contributed by atoms with Crippen molar-refractivity contribution in [1.82, 2.24) is 5.32 Å². The van der Waals surface area contributed by atoms with Crippen LogP contribution in [-0.2, 0) is 4.84 Å². The van der Waals surface area contributed by atoms with Crippen molar-refractivity contribution >= 4 is 11.8 Å². The highest BCUT2D eigenvalue weighted by atomic mass is 16.7. The molecule has 0 aliphatic rings. The molecule has 0 heterocycles. The van der Waals surface area contributed by atoms with Crippen LogP contribution in [0, 0.1) is 0 Å². The van der Waals surface area contributed by atoms with Crippen molar-refractivity contribution in [2.24, 2.45) is 5.16 Å². The van der Waals surface area contributed by atoms with Gasteiger partial charge in [-0.2, -0.15) is 0 Å². The first-order valence-corrected chi connectivity index (χ1v) is 5.23. The maximum Gasteiger partial charge on any atom is 0.433 e. The average molecular weight is 222 g/mol. The molecule has 0 aliphatic carbocycles. The number of amides is 1. The van der Waals surface area contributed by atoms with E-state index in [4.69, 9.17) is 0 Å². The highest BCUT2D eigenvalue weighted by molar-refractivity contribution is 5.98. The molecule has 0 atom stereocenters. The fourth-order valence-electron chi connectivity index (χ4n) is 0.888. The van der Waals surface area contributed by atoms with Crippen molar-refractivity contribution in [3.63, 3.8) is 0 Å². The molecular formula is C12H18N2O2. The lowest BCUT2D eigenvalue weighted by atomic mass is 10.1. The van der Waals surface area contributed by atoms with Crippen molar-refractivity contribution in [1.29, 1.82) is 0 Å². The SMILES string of the molecule is CC.CNC(=O)O/N=C(/C)c1ccccc1. The third kappa shape index (κ3) is 5.14. The van der Waals surface area contributed by atoms with Crippen LogP contribution in [0.15, 0.2) is 35.5 Å². The van der Waals surface area contributed by atoms with Crippen LogP contribution in [0.2, 0.25) is 0 Å². The maximum atomic E-state index is 10.7. The first-order valence-electron chi connectivity index (χ1n) is 5.23. The maximum absolute atomic E-state index is 10.7. The second kappa shape index (κ2) is 8.47. The monoisotopic (exact) mass is 222 g/mol. The third-order valence-electron chi connectivity index (χ3n) is 1.66. The number of nitrogens with one attached hydrogen (secondary N) is 1. The first-order chi connectivity index (χ1) is 7.74. The van der Waals surface area contributed by atoms with Crippen LogP contribution in [0.4, 0.5) is 4.79 Å². The summed E-state index contributed by atoms with van der Waals surface area (Å²) in [7, 11) is 1.48. The van der Waals surface area contributed by atoms with Gasteiger partial charge < -0.3 is 5.32 Å². The number of hydrogen-bond donors (Lipinski definition) is 1. The molecule has 1 aromatic carbocycles. The minimum absolute atomic E-state index is 0.569. The molecule has 0 radical (unpaired) electrons. The lowest BCUT2D eigenvalue weighted by Crippen LogP contribution is -2.17. The van der Waals surface area contributed by atoms with Crippen LogP contribution < -0.4 is 5.32 Å². The fraction of sp³-hybridized carbons (Fsp3) is 0.333. The van der Waals surface area contributed by atoms with Crippen molar-refractivity contribution in [2.75, 3.05) is 7.05 Å². The van der Waals surface area contributed by atoms with Gasteiger partial charge in [-0.25, -0.2) is 4.79 Å². The fourth-order valence-corrected chi connectivity index (χ4v) is 0.888. The zero-order chi connectivity index (χ0) is 12.4. The van der Waals surface area contributed by atoms with Crippen LogP contribution in [0.25, 0.3) is 0 Å². The highest BCUT2D eigenvalue weighted by Gasteiger charge is 1.99.